The first-order chi connectivity index (χ1) is 12.3. The normalized spacial score (nSPS) is 17.8. The van der Waals surface area contributed by atoms with Gasteiger partial charge in [0.2, 0.25) is 0 Å². The molecule has 1 saturated heterocycles. The van der Waals surface area contributed by atoms with E-state index < -0.39 is 0 Å². The molecule has 1 N–H and O–H groups in total. The van der Waals surface area contributed by atoms with Gasteiger partial charge >= 0.3 is 0 Å². The van der Waals surface area contributed by atoms with Crippen LogP contribution >= 0.6 is 0 Å². The maximum atomic E-state index is 12.8. The van der Waals surface area contributed by atoms with Crippen molar-refractivity contribution < 1.29 is 9.53 Å². The Morgan fingerprint density at radius 3 is 3.08 bits per heavy atom. The van der Waals surface area contributed by atoms with Crippen molar-refractivity contribution in [3.8, 4) is 0 Å². The van der Waals surface area contributed by atoms with Crippen LogP contribution in [0.25, 0.3) is 10.9 Å². The SMILES string of the molecule is O=C(c1cc2ccccc2[nH]1)N1CCO[C@@H](CCc2ccncn2)C1. The number of amides is 1. The van der Waals surface area contributed by atoms with E-state index in [9.17, 15) is 4.79 Å². The van der Waals surface area contributed by atoms with Crippen molar-refractivity contribution in [3.63, 3.8) is 0 Å². The number of ether oxygens (including phenoxy) is 1. The van der Waals surface area contributed by atoms with Crippen molar-refractivity contribution in [3.05, 3.63) is 60.3 Å². The maximum absolute atomic E-state index is 12.8. The molecule has 0 unspecified atom stereocenters. The number of rotatable bonds is 4. The Morgan fingerprint density at radius 2 is 2.24 bits per heavy atom. The van der Waals surface area contributed by atoms with Gasteiger partial charge in [-0.1, -0.05) is 18.2 Å². The summed E-state index contributed by atoms with van der Waals surface area (Å²) in [5.41, 5.74) is 2.62. The molecule has 0 aliphatic carbocycles. The molecule has 128 valence electrons. The third kappa shape index (κ3) is 3.53. The van der Waals surface area contributed by atoms with Gasteiger partial charge < -0.3 is 14.6 Å². The fourth-order valence-corrected chi connectivity index (χ4v) is 3.21. The lowest BCUT2D eigenvalue weighted by Gasteiger charge is -2.32. The van der Waals surface area contributed by atoms with E-state index in [1.165, 1.54) is 0 Å². The minimum Gasteiger partial charge on any atom is -0.375 e. The van der Waals surface area contributed by atoms with Crippen LogP contribution in [0.1, 0.15) is 22.6 Å². The fraction of sp³-hybridized carbons (Fsp3) is 0.316. The molecule has 1 aliphatic rings. The molecule has 0 saturated carbocycles. The zero-order valence-electron chi connectivity index (χ0n) is 13.9. The van der Waals surface area contributed by atoms with E-state index in [1.807, 2.05) is 41.3 Å². The van der Waals surface area contributed by atoms with Crippen LogP contribution in [0.15, 0.2) is 48.9 Å². The van der Waals surface area contributed by atoms with E-state index in [4.69, 9.17) is 4.74 Å². The number of aryl methyl sites for hydroxylation is 1. The highest BCUT2D eigenvalue weighted by atomic mass is 16.5. The second kappa shape index (κ2) is 7.03. The van der Waals surface area contributed by atoms with Crippen LogP contribution in [0.3, 0.4) is 0 Å². The van der Waals surface area contributed by atoms with Crippen molar-refractivity contribution in [1.29, 1.82) is 0 Å². The predicted octanol–water partition coefficient (Wildman–Crippen LogP) is 2.43. The van der Waals surface area contributed by atoms with E-state index in [1.54, 1.807) is 12.5 Å². The number of morpholine rings is 1. The van der Waals surface area contributed by atoms with Crippen LogP contribution < -0.4 is 0 Å². The number of nitrogens with one attached hydrogen (secondary N) is 1. The third-order valence-electron chi connectivity index (χ3n) is 4.55. The monoisotopic (exact) mass is 336 g/mol. The van der Waals surface area contributed by atoms with Crippen LogP contribution in [-0.2, 0) is 11.2 Å². The molecule has 3 aromatic rings. The lowest BCUT2D eigenvalue weighted by molar-refractivity contribution is -0.0248. The highest BCUT2D eigenvalue weighted by Crippen LogP contribution is 2.18. The minimum atomic E-state index is 0.0338. The molecule has 6 heteroatoms. The summed E-state index contributed by atoms with van der Waals surface area (Å²) < 4.78 is 5.83. The molecule has 4 rings (SSSR count). The Balaban J connectivity index is 1.40. The van der Waals surface area contributed by atoms with Gasteiger partial charge in [0.05, 0.1) is 12.7 Å². The molecule has 0 spiro atoms. The number of fused-ring (bicyclic) bond motifs is 1. The summed E-state index contributed by atoms with van der Waals surface area (Å²) >= 11 is 0. The van der Waals surface area contributed by atoms with Gasteiger partial charge in [0.25, 0.3) is 5.91 Å². The van der Waals surface area contributed by atoms with Crippen LogP contribution in [0.2, 0.25) is 0 Å². The lowest BCUT2D eigenvalue weighted by Crippen LogP contribution is -2.45. The van der Waals surface area contributed by atoms with Crippen molar-refractivity contribution in [1.82, 2.24) is 19.9 Å². The first kappa shape index (κ1) is 15.8. The van der Waals surface area contributed by atoms with Gasteiger partial charge in [-0.2, -0.15) is 0 Å². The number of benzene rings is 1. The minimum absolute atomic E-state index is 0.0338. The molecule has 0 radical (unpaired) electrons. The Kier molecular flexibility index (Phi) is 4.43. The van der Waals surface area contributed by atoms with E-state index in [-0.39, 0.29) is 12.0 Å². The Bertz CT molecular complexity index is 829. The molecule has 3 heterocycles. The van der Waals surface area contributed by atoms with Gasteiger partial charge in [-0.15, -0.1) is 0 Å². The van der Waals surface area contributed by atoms with Crippen molar-refractivity contribution in [2.24, 2.45) is 0 Å². The molecular formula is C19H20N4O2. The first-order valence-corrected chi connectivity index (χ1v) is 8.53. The number of nitrogens with zero attached hydrogens (tertiary/aromatic N) is 3. The Morgan fingerprint density at radius 1 is 1.32 bits per heavy atom. The number of H-pyrrole nitrogens is 1. The van der Waals surface area contributed by atoms with Crippen LogP contribution in [0.5, 0.6) is 0 Å². The van der Waals surface area contributed by atoms with Crippen molar-refractivity contribution >= 4 is 16.8 Å². The molecule has 0 bridgehead atoms. The summed E-state index contributed by atoms with van der Waals surface area (Å²) in [6.45, 7) is 1.80. The zero-order chi connectivity index (χ0) is 17.1. The quantitative estimate of drug-likeness (QED) is 0.794. The predicted molar refractivity (Wildman–Crippen MR) is 94.3 cm³/mol. The van der Waals surface area contributed by atoms with E-state index in [0.717, 1.165) is 29.4 Å². The molecular weight excluding hydrogens is 316 g/mol. The van der Waals surface area contributed by atoms with Crippen molar-refractivity contribution in [2.45, 2.75) is 18.9 Å². The highest BCUT2D eigenvalue weighted by Gasteiger charge is 2.25. The largest absolute Gasteiger partial charge is 0.375 e. The summed E-state index contributed by atoms with van der Waals surface area (Å²) in [5, 5.41) is 1.06. The second-order valence-corrected chi connectivity index (χ2v) is 6.25. The number of carbonyl (C=O) groups excluding carboxylic acids is 1. The van der Waals surface area contributed by atoms with E-state index in [2.05, 4.69) is 15.0 Å². The molecule has 1 amide bonds. The molecule has 1 atom stereocenters. The number of aromatic amines is 1. The maximum Gasteiger partial charge on any atom is 0.270 e. The average Bonchev–Trinajstić information content (AvgIpc) is 3.11. The van der Waals surface area contributed by atoms with Gasteiger partial charge in [0.15, 0.2) is 0 Å². The first-order valence-electron chi connectivity index (χ1n) is 8.53. The van der Waals surface area contributed by atoms with Gasteiger partial charge in [-0.05, 0) is 31.0 Å². The second-order valence-electron chi connectivity index (χ2n) is 6.25. The molecule has 6 nitrogen and oxygen atoms in total. The van der Waals surface area contributed by atoms with Crippen LogP contribution in [-0.4, -0.2) is 51.6 Å². The summed E-state index contributed by atoms with van der Waals surface area (Å²) in [6.07, 6.45) is 5.00. The van der Waals surface area contributed by atoms with Gasteiger partial charge in [0, 0.05) is 35.9 Å². The Labute approximate surface area is 145 Å². The highest BCUT2D eigenvalue weighted by molar-refractivity contribution is 5.98. The van der Waals surface area contributed by atoms with E-state index >= 15 is 0 Å². The standard InChI is InChI=1S/C19H20N4O2/c24-19(18-11-14-3-1-2-4-17(14)22-18)23-9-10-25-16(12-23)6-5-15-7-8-20-13-21-15/h1-4,7-8,11,13,16,22H,5-6,9-10,12H2/t16-/m0/s1. The van der Waals surface area contributed by atoms with Gasteiger partial charge in [-0.3, -0.25) is 4.79 Å². The summed E-state index contributed by atoms with van der Waals surface area (Å²) in [7, 11) is 0. The van der Waals surface area contributed by atoms with Crippen molar-refractivity contribution in [2.75, 3.05) is 19.7 Å². The van der Waals surface area contributed by atoms with Gasteiger partial charge in [0.1, 0.15) is 12.0 Å². The molecule has 2 aromatic heterocycles. The van der Waals surface area contributed by atoms with Gasteiger partial charge in [-0.25, -0.2) is 9.97 Å². The summed E-state index contributed by atoms with van der Waals surface area (Å²) in [5.74, 6) is 0.0338. The Hall–Kier alpha value is -2.73. The lowest BCUT2D eigenvalue weighted by atomic mass is 10.1. The third-order valence-corrected chi connectivity index (χ3v) is 4.55. The molecule has 1 aliphatic heterocycles. The smallest absolute Gasteiger partial charge is 0.270 e. The van der Waals surface area contributed by atoms with Crippen LogP contribution in [0.4, 0.5) is 0 Å². The average molecular weight is 336 g/mol. The zero-order valence-corrected chi connectivity index (χ0v) is 13.9. The topological polar surface area (TPSA) is 71.1 Å². The summed E-state index contributed by atoms with van der Waals surface area (Å²) in [6, 6.07) is 11.8. The molecule has 25 heavy (non-hydrogen) atoms. The number of hydrogen-bond acceptors (Lipinski definition) is 4. The molecule has 1 aromatic carbocycles. The van der Waals surface area contributed by atoms with E-state index in [0.29, 0.717) is 25.4 Å². The number of para-hydroxylation sites is 1. The van der Waals surface area contributed by atoms with Crippen LogP contribution in [0, 0.1) is 0 Å². The number of aromatic nitrogens is 3. The fourth-order valence-electron chi connectivity index (χ4n) is 3.21. The number of hydrogen-bond donors (Lipinski definition) is 1. The number of carbonyl (C=O) groups is 1. The molecule has 1 fully saturated rings. The summed E-state index contributed by atoms with van der Waals surface area (Å²) in [4.78, 5) is 26.1.